The van der Waals surface area contributed by atoms with E-state index in [-0.39, 0.29) is 11.8 Å². The second-order valence-corrected chi connectivity index (χ2v) is 3.60. The second kappa shape index (κ2) is 5.46. The second-order valence-electron chi connectivity index (χ2n) is 3.29. The summed E-state index contributed by atoms with van der Waals surface area (Å²) in [5, 5.41) is 10.4. The van der Waals surface area contributed by atoms with E-state index in [9.17, 15) is 14.9 Å². The Morgan fingerprint density at radius 3 is 2.50 bits per heavy atom. The lowest BCUT2D eigenvalue weighted by Crippen LogP contribution is -2.12. The van der Waals surface area contributed by atoms with Crippen molar-refractivity contribution >= 4 is 22.7 Å². The number of ether oxygens (including phenoxy) is 1. The first-order valence-electron chi connectivity index (χ1n) is 4.58. The van der Waals surface area contributed by atoms with Gasteiger partial charge in [-0.2, -0.15) is 0 Å². The third-order valence-electron chi connectivity index (χ3n) is 1.96. The Morgan fingerprint density at radius 2 is 2.06 bits per heavy atom. The van der Waals surface area contributed by atoms with Crippen molar-refractivity contribution in [3.05, 3.63) is 39.9 Å². The van der Waals surface area contributed by atoms with Gasteiger partial charge < -0.3 is 4.74 Å². The van der Waals surface area contributed by atoms with Crippen LogP contribution in [0.4, 0.5) is 10.5 Å². The van der Waals surface area contributed by atoms with Gasteiger partial charge in [0.2, 0.25) is 0 Å². The van der Waals surface area contributed by atoms with Crippen LogP contribution in [0, 0.1) is 10.1 Å². The molecule has 0 aliphatic carbocycles. The Balaban J connectivity index is 2.61. The number of nitrogens with zero attached hydrogens (tertiary/aromatic N) is 1. The summed E-state index contributed by atoms with van der Waals surface area (Å²) in [7, 11) is 0. The van der Waals surface area contributed by atoms with Crippen molar-refractivity contribution < 1.29 is 14.5 Å². The molecule has 0 bridgehead atoms. The molecular formula is C10H10ClNO4. The zero-order valence-corrected chi connectivity index (χ0v) is 9.31. The molecular weight excluding hydrogens is 234 g/mol. The number of halogens is 1. The summed E-state index contributed by atoms with van der Waals surface area (Å²) in [6, 6.07) is 6.06. The van der Waals surface area contributed by atoms with Gasteiger partial charge in [0, 0.05) is 30.2 Å². The number of hydrogen-bond donors (Lipinski definition) is 0. The highest BCUT2D eigenvalue weighted by molar-refractivity contribution is 6.61. The number of carbonyl (C=O) groups excluding carboxylic acids is 1. The van der Waals surface area contributed by atoms with Gasteiger partial charge in [0.15, 0.2) is 0 Å². The van der Waals surface area contributed by atoms with Crippen LogP contribution in [0.1, 0.15) is 12.5 Å². The van der Waals surface area contributed by atoms with Crippen LogP contribution >= 0.6 is 11.6 Å². The third-order valence-corrected chi connectivity index (χ3v) is 2.05. The Labute approximate surface area is 97.1 Å². The Hall–Kier alpha value is -1.62. The lowest BCUT2D eigenvalue weighted by Gasteiger charge is -2.10. The van der Waals surface area contributed by atoms with Crippen molar-refractivity contribution in [2.75, 3.05) is 0 Å². The molecule has 0 radical (unpaired) electrons. The van der Waals surface area contributed by atoms with Gasteiger partial charge in [-0.15, -0.1) is 0 Å². The lowest BCUT2D eigenvalue weighted by atomic mass is 10.1. The van der Waals surface area contributed by atoms with E-state index in [0.29, 0.717) is 6.42 Å². The Morgan fingerprint density at radius 1 is 1.50 bits per heavy atom. The third kappa shape index (κ3) is 3.86. The Kier molecular flexibility index (Phi) is 4.25. The number of carbonyl (C=O) groups is 1. The maximum Gasteiger partial charge on any atom is 0.404 e. The minimum atomic E-state index is -0.852. The largest absolute Gasteiger partial charge is 0.450 e. The lowest BCUT2D eigenvalue weighted by molar-refractivity contribution is -0.384. The van der Waals surface area contributed by atoms with Gasteiger partial charge in [0.05, 0.1) is 4.92 Å². The smallest absolute Gasteiger partial charge is 0.404 e. The molecule has 0 N–H and O–H groups in total. The minimum Gasteiger partial charge on any atom is -0.450 e. The van der Waals surface area contributed by atoms with Crippen LogP contribution in [0.5, 0.6) is 0 Å². The number of nitro groups is 1. The molecule has 6 heteroatoms. The molecule has 0 amide bonds. The average molecular weight is 244 g/mol. The van der Waals surface area contributed by atoms with Crippen LogP contribution in [0.2, 0.25) is 0 Å². The van der Waals surface area contributed by atoms with Crippen LogP contribution in [-0.2, 0) is 11.2 Å². The first-order chi connectivity index (χ1) is 7.49. The van der Waals surface area contributed by atoms with Gasteiger partial charge in [-0.3, -0.25) is 10.1 Å². The van der Waals surface area contributed by atoms with Gasteiger partial charge in [-0.05, 0) is 12.5 Å². The van der Waals surface area contributed by atoms with Crippen molar-refractivity contribution in [2.45, 2.75) is 19.4 Å². The standard InChI is InChI=1S/C10H10ClNO4/c1-7(16-10(11)13)6-8-2-4-9(5-3-8)12(14)15/h2-5,7H,6H2,1H3. The molecule has 0 saturated heterocycles. The van der Waals surface area contributed by atoms with E-state index in [1.54, 1.807) is 19.1 Å². The molecule has 1 rings (SSSR count). The van der Waals surface area contributed by atoms with Gasteiger partial charge in [0.1, 0.15) is 6.10 Å². The van der Waals surface area contributed by atoms with Crippen LogP contribution < -0.4 is 0 Å². The quantitative estimate of drug-likeness (QED) is 0.463. The molecule has 86 valence electrons. The highest BCUT2D eigenvalue weighted by Crippen LogP contribution is 2.14. The summed E-state index contributed by atoms with van der Waals surface area (Å²) in [5.74, 6) is 0. The summed E-state index contributed by atoms with van der Waals surface area (Å²) in [5.41, 5.74) is 0.0242. The van der Waals surface area contributed by atoms with Crippen LogP contribution in [0.3, 0.4) is 0 Å². The molecule has 0 aliphatic heterocycles. The monoisotopic (exact) mass is 243 g/mol. The summed E-state index contributed by atoms with van der Waals surface area (Å²) >= 11 is 5.06. The van der Waals surface area contributed by atoms with Crippen molar-refractivity contribution in [1.82, 2.24) is 0 Å². The highest BCUT2D eigenvalue weighted by Gasteiger charge is 2.09. The van der Waals surface area contributed by atoms with Gasteiger partial charge in [-0.1, -0.05) is 12.1 Å². The number of benzene rings is 1. The zero-order chi connectivity index (χ0) is 12.1. The summed E-state index contributed by atoms with van der Waals surface area (Å²) in [4.78, 5) is 20.4. The molecule has 1 aromatic carbocycles. The zero-order valence-electron chi connectivity index (χ0n) is 8.55. The maximum absolute atomic E-state index is 10.4. The average Bonchev–Trinajstić information content (AvgIpc) is 2.16. The normalized spacial score (nSPS) is 11.9. The topological polar surface area (TPSA) is 69.4 Å². The first-order valence-corrected chi connectivity index (χ1v) is 4.96. The molecule has 1 aromatic rings. The molecule has 0 fully saturated rings. The van der Waals surface area contributed by atoms with Gasteiger partial charge >= 0.3 is 5.43 Å². The van der Waals surface area contributed by atoms with Crippen molar-refractivity contribution in [1.29, 1.82) is 0 Å². The predicted molar refractivity (Wildman–Crippen MR) is 58.6 cm³/mol. The molecule has 1 unspecified atom stereocenters. The molecule has 0 heterocycles. The van der Waals surface area contributed by atoms with E-state index in [1.165, 1.54) is 12.1 Å². The van der Waals surface area contributed by atoms with Crippen molar-refractivity contribution in [3.63, 3.8) is 0 Å². The van der Waals surface area contributed by atoms with E-state index in [2.05, 4.69) is 0 Å². The van der Waals surface area contributed by atoms with Gasteiger partial charge in [-0.25, -0.2) is 4.79 Å². The summed E-state index contributed by atoms with van der Waals surface area (Å²) in [6.45, 7) is 1.70. The summed E-state index contributed by atoms with van der Waals surface area (Å²) in [6.07, 6.45) is 0.114. The van der Waals surface area contributed by atoms with Crippen LogP contribution in [-0.4, -0.2) is 16.5 Å². The maximum atomic E-state index is 10.4. The summed E-state index contributed by atoms with van der Waals surface area (Å²) < 4.78 is 4.72. The molecule has 0 aliphatic rings. The molecule has 1 atom stereocenters. The number of rotatable bonds is 4. The molecule has 0 spiro atoms. The van der Waals surface area contributed by atoms with E-state index >= 15 is 0 Å². The number of nitro benzene ring substituents is 1. The van der Waals surface area contributed by atoms with Gasteiger partial charge in [0.25, 0.3) is 5.69 Å². The molecule has 0 saturated carbocycles. The predicted octanol–water partition coefficient (Wildman–Crippen LogP) is 2.90. The number of hydrogen-bond acceptors (Lipinski definition) is 4. The van der Waals surface area contributed by atoms with Crippen molar-refractivity contribution in [2.24, 2.45) is 0 Å². The SMILES string of the molecule is CC(Cc1ccc([N+](=O)[O-])cc1)OC(=O)Cl. The minimum absolute atomic E-state index is 0.0331. The van der Waals surface area contributed by atoms with E-state index in [1.807, 2.05) is 0 Å². The fourth-order valence-corrected chi connectivity index (χ4v) is 1.44. The number of non-ortho nitro benzene ring substituents is 1. The van der Waals surface area contributed by atoms with Crippen molar-refractivity contribution in [3.8, 4) is 0 Å². The Bertz CT molecular complexity index is 390. The fraction of sp³-hybridized carbons (Fsp3) is 0.300. The highest BCUT2D eigenvalue weighted by atomic mass is 35.5. The van der Waals surface area contributed by atoms with E-state index < -0.39 is 10.4 Å². The molecule has 5 nitrogen and oxygen atoms in total. The van der Waals surface area contributed by atoms with E-state index in [4.69, 9.17) is 16.3 Å². The first kappa shape index (κ1) is 12.4. The van der Waals surface area contributed by atoms with Crippen LogP contribution in [0.25, 0.3) is 0 Å². The van der Waals surface area contributed by atoms with E-state index in [0.717, 1.165) is 5.56 Å². The molecule has 16 heavy (non-hydrogen) atoms. The van der Waals surface area contributed by atoms with Crippen LogP contribution in [0.15, 0.2) is 24.3 Å². The molecule has 0 aromatic heterocycles. The fourth-order valence-electron chi connectivity index (χ4n) is 1.29.